The number of rotatable bonds is 3. The van der Waals surface area contributed by atoms with Gasteiger partial charge in [0.15, 0.2) is 0 Å². The van der Waals surface area contributed by atoms with E-state index in [1.807, 2.05) is 48.0 Å². The quantitative estimate of drug-likeness (QED) is 0.642. The molecule has 0 radical (unpaired) electrons. The smallest absolute Gasteiger partial charge is 0.294 e. The molecule has 2 amide bonds. The molecule has 3 rings (SSSR count). The van der Waals surface area contributed by atoms with E-state index in [0.717, 1.165) is 33.6 Å². The van der Waals surface area contributed by atoms with Gasteiger partial charge in [0.2, 0.25) is 0 Å². The Bertz CT molecular complexity index is 858. The highest BCUT2D eigenvalue weighted by molar-refractivity contribution is 8.18. The zero-order valence-electron chi connectivity index (χ0n) is 12.5. The van der Waals surface area contributed by atoms with Gasteiger partial charge in [0.05, 0.1) is 11.4 Å². The Labute approximate surface area is 138 Å². The van der Waals surface area contributed by atoms with Crippen LogP contribution in [-0.4, -0.2) is 27.2 Å². The van der Waals surface area contributed by atoms with Crippen molar-refractivity contribution >= 4 is 29.0 Å². The number of amides is 2. The van der Waals surface area contributed by atoms with Gasteiger partial charge < -0.3 is 4.57 Å². The first kappa shape index (κ1) is 15.2. The fourth-order valence-corrected chi connectivity index (χ4v) is 3.21. The maximum Gasteiger partial charge on any atom is 0.294 e. The summed E-state index contributed by atoms with van der Waals surface area (Å²) in [7, 11) is 0. The molecule has 1 aromatic carbocycles. The topological polar surface area (TPSA) is 42.3 Å². The summed E-state index contributed by atoms with van der Waals surface area (Å²) in [5, 5.41) is -0.326. The second-order valence-corrected chi connectivity index (χ2v) is 6.11. The van der Waals surface area contributed by atoms with Crippen molar-refractivity contribution in [1.82, 2.24) is 9.47 Å². The third kappa shape index (κ3) is 2.94. The second-order valence-electron chi connectivity index (χ2n) is 5.11. The lowest BCUT2D eigenvalue weighted by Crippen LogP contribution is -2.28. The van der Waals surface area contributed by atoms with E-state index in [0.29, 0.717) is 4.91 Å². The molecular weight excluding hydrogens is 308 g/mol. The SMILES string of the molecule is C#CCN1C(=O)S/C(=C\c2cccn2-c2cccc(C)c2)C1=O. The number of thioether (sulfide) groups is 1. The van der Waals surface area contributed by atoms with E-state index < -0.39 is 0 Å². The molecule has 1 aliphatic heterocycles. The number of nitrogens with zero attached hydrogens (tertiary/aromatic N) is 2. The molecule has 0 aliphatic carbocycles. The third-order valence-corrected chi connectivity index (χ3v) is 4.37. The van der Waals surface area contributed by atoms with Gasteiger partial charge in [-0.25, -0.2) is 0 Å². The Morgan fingerprint density at radius 1 is 1.26 bits per heavy atom. The first-order valence-corrected chi connectivity index (χ1v) is 7.85. The average molecular weight is 322 g/mol. The molecule has 1 aliphatic rings. The van der Waals surface area contributed by atoms with Crippen LogP contribution in [0.2, 0.25) is 0 Å². The van der Waals surface area contributed by atoms with Gasteiger partial charge in [-0.1, -0.05) is 18.1 Å². The summed E-state index contributed by atoms with van der Waals surface area (Å²) >= 11 is 0.917. The fraction of sp³-hybridized carbons (Fsp3) is 0.111. The number of carbonyl (C=O) groups excluding carboxylic acids is 2. The van der Waals surface area contributed by atoms with Gasteiger partial charge in [-0.15, -0.1) is 6.42 Å². The monoisotopic (exact) mass is 322 g/mol. The van der Waals surface area contributed by atoms with Crippen LogP contribution >= 0.6 is 11.8 Å². The second kappa shape index (κ2) is 6.19. The summed E-state index contributed by atoms with van der Waals surface area (Å²) in [5.74, 6) is 1.99. The molecule has 0 bridgehead atoms. The minimum absolute atomic E-state index is 0.000891. The van der Waals surface area contributed by atoms with Gasteiger partial charge in [-0.3, -0.25) is 14.5 Å². The molecule has 0 N–H and O–H groups in total. The summed E-state index contributed by atoms with van der Waals surface area (Å²) in [6.45, 7) is 2.03. The summed E-state index contributed by atoms with van der Waals surface area (Å²) < 4.78 is 1.97. The number of imide groups is 1. The largest absolute Gasteiger partial charge is 0.317 e. The van der Waals surface area contributed by atoms with Crippen molar-refractivity contribution in [3.63, 3.8) is 0 Å². The Kier molecular flexibility index (Phi) is 4.09. The molecule has 2 aromatic rings. The molecule has 0 spiro atoms. The van der Waals surface area contributed by atoms with E-state index in [-0.39, 0.29) is 17.7 Å². The lowest BCUT2D eigenvalue weighted by molar-refractivity contribution is -0.122. The molecule has 23 heavy (non-hydrogen) atoms. The van der Waals surface area contributed by atoms with Gasteiger partial charge in [0.25, 0.3) is 11.1 Å². The van der Waals surface area contributed by atoms with Gasteiger partial charge in [0, 0.05) is 17.6 Å². The molecule has 5 heteroatoms. The average Bonchev–Trinajstić information content (AvgIpc) is 3.08. The number of hydrogen-bond acceptors (Lipinski definition) is 3. The van der Waals surface area contributed by atoms with Crippen molar-refractivity contribution in [3.8, 4) is 18.0 Å². The van der Waals surface area contributed by atoms with E-state index in [1.165, 1.54) is 0 Å². The van der Waals surface area contributed by atoms with E-state index >= 15 is 0 Å². The number of aromatic nitrogens is 1. The van der Waals surface area contributed by atoms with Crippen molar-refractivity contribution < 1.29 is 9.59 Å². The van der Waals surface area contributed by atoms with Crippen LogP contribution in [0.1, 0.15) is 11.3 Å². The van der Waals surface area contributed by atoms with Crippen molar-refractivity contribution in [2.45, 2.75) is 6.92 Å². The zero-order chi connectivity index (χ0) is 16.4. The van der Waals surface area contributed by atoms with E-state index in [1.54, 1.807) is 6.08 Å². The molecule has 0 unspecified atom stereocenters. The summed E-state index contributed by atoms with van der Waals surface area (Å²) in [6, 6.07) is 11.9. The predicted octanol–water partition coefficient (Wildman–Crippen LogP) is 3.46. The van der Waals surface area contributed by atoms with Crippen LogP contribution in [-0.2, 0) is 4.79 Å². The highest BCUT2D eigenvalue weighted by Crippen LogP contribution is 2.32. The normalized spacial score (nSPS) is 16.2. The summed E-state index contributed by atoms with van der Waals surface area (Å²) in [4.78, 5) is 25.5. The van der Waals surface area contributed by atoms with Gasteiger partial charge in [-0.05, 0) is 54.6 Å². The van der Waals surface area contributed by atoms with Crippen LogP contribution in [0, 0.1) is 19.3 Å². The molecular formula is C18H14N2O2S. The van der Waals surface area contributed by atoms with Gasteiger partial charge in [-0.2, -0.15) is 0 Å². The molecule has 4 nitrogen and oxygen atoms in total. The highest BCUT2D eigenvalue weighted by atomic mass is 32.2. The number of carbonyl (C=O) groups is 2. The Morgan fingerprint density at radius 2 is 2.09 bits per heavy atom. The molecule has 1 aromatic heterocycles. The Morgan fingerprint density at radius 3 is 2.83 bits per heavy atom. The fourth-order valence-electron chi connectivity index (χ4n) is 2.39. The van der Waals surface area contributed by atoms with Crippen molar-refractivity contribution in [2.75, 3.05) is 6.54 Å². The van der Waals surface area contributed by atoms with Crippen LogP contribution in [0.15, 0.2) is 47.5 Å². The minimum atomic E-state index is -0.338. The maximum absolute atomic E-state index is 12.2. The predicted molar refractivity (Wildman–Crippen MR) is 92.0 cm³/mol. The first-order valence-electron chi connectivity index (χ1n) is 7.03. The number of terminal acetylenes is 1. The number of benzene rings is 1. The van der Waals surface area contributed by atoms with Gasteiger partial charge in [0.1, 0.15) is 0 Å². The van der Waals surface area contributed by atoms with Crippen molar-refractivity contribution in [2.24, 2.45) is 0 Å². The first-order chi connectivity index (χ1) is 11.1. The van der Waals surface area contributed by atoms with E-state index in [9.17, 15) is 9.59 Å². The lowest BCUT2D eigenvalue weighted by Gasteiger charge is -2.08. The van der Waals surface area contributed by atoms with Gasteiger partial charge >= 0.3 is 0 Å². The number of aryl methyl sites for hydroxylation is 1. The van der Waals surface area contributed by atoms with Crippen molar-refractivity contribution in [3.05, 3.63) is 58.8 Å². The van der Waals surface area contributed by atoms with Crippen LogP contribution in [0.4, 0.5) is 4.79 Å². The third-order valence-electron chi connectivity index (χ3n) is 3.46. The van der Waals surface area contributed by atoms with E-state index in [2.05, 4.69) is 12.0 Å². The van der Waals surface area contributed by atoms with Crippen LogP contribution in [0.3, 0.4) is 0 Å². The maximum atomic E-state index is 12.2. The molecule has 0 saturated carbocycles. The lowest BCUT2D eigenvalue weighted by atomic mass is 10.2. The molecule has 1 saturated heterocycles. The molecule has 1 fully saturated rings. The number of hydrogen-bond donors (Lipinski definition) is 0. The van der Waals surface area contributed by atoms with Crippen LogP contribution in [0.5, 0.6) is 0 Å². The highest BCUT2D eigenvalue weighted by Gasteiger charge is 2.34. The molecule has 0 atom stereocenters. The molecule has 2 heterocycles. The Hall–Kier alpha value is -2.71. The van der Waals surface area contributed by atoms with E-state index in [4.69, 9.17) is 6.42 Å². The summed E-state index contributed by atoms with van der Waals surface area (Å²) in [5.41, 5.74) is 2.99. The molecule has 114 valence electrons. The zero-order valence-corrected chi connectivity index (χ0v) is 13.3. The van der Waals surface area contributed by atoms with Crippen molar-refractivity contribution in [1.29, 1.82) is 0 Å². The summed E-state index contributed by atoms with van der Waals surface area (Å²) in [6.07, 6.45) is 8.85. The van der Waals surface area contributed by atoms with Crippen LogP contribution in [0.25, 0.3) is 11.8 Å². The Balaban J connectivity index is 1.96. The standard InChI is InChI=1S/C18H14N2O2S/c1-3-9-20-17(21)16(23-18(20)22)12-15-8-5-10-19(15)14-7-4-6-13(2)11-14/h1,4-8,10-12H,9H2,2H3/b16-12-. The minimum Gasteiger partial charge on any atom is -0.317 e. The van der Waals surface area contributed by atoms with Crippen LogP contribution < -0.4 is 0 Å².